The van der Waals surface area contributed by atoms with E-state index < -0.39 is 0 Å². The van der Waals surface area contributed by atoms with Crippen LogP contribution in [0.5, 0.6) is 0 Å². The van der Waals surface area contributed by atoms with Crippen molar-refractivity contribution in [1.29, 1.82) is 0 Å². The number of aryl methyl sites for hydroxylation is 1. The Hall–Kier alpha value is -0.570. The molecule has 0 saturated carbocycles. The van der Waals surface area contributed by atoms with Crippen LogP contribution in [-0.4, -0.2) is 25.7 Å². The largest absolute Gasteiger partial charge is 0.314 e. The van der Waals surface area contributed by atoms with Gasteiger partial charge in [-0.3, -0.25) is 0 Å². The van der Waals surface area contributed by atoms with Crippen LogP contribution in [0.15, 0.2) is 24.3 Å². The highest BCUT2D eigenvalue weighted by Gasteiger charge is 2.11. The molecule has 0 aliphatic carbocycles. The Bertz CT molecular complexity index is 308. The lowest BCUT2D eigenvalue weighted by molar-refractivity contribution is 0.400. The van der Waals surface area contributed by atoms with Gasteiger partial charge in [-0.2, -0.15) is 0 Å². The first-order valence-electron chi connectivity index (χ1n) is 5.53. The summed E-state index contributed by atoms with van der Waals surface area (Å²) in [7, 11) is 0. The minimum Gasteiger partial charge on any atom is -0.314 e. The lowest BCUT2D eigenvalue weighted by Gasteiger charge is -2.24. The summed E-state index contributed by atoms with van der Waals surface area (Å²) in [6.07, 6.45) is 2.27. The van der Waals surface area contributed by atoms with Crippen molar-refractivity contribution in [3.8, 4) is 0 Å². The first-order chi connectivity index (χ1) is 7.34. The third-order valence-corrected chi connectivity index (χ3v) is 3.03. The van der Waals surface area contributed by atoms with Crippen molar-refractivity contribution in [2.75, 3.05) is 19.6 Å². The molecule has 1 aromatic carbocycles. The fourth-order valence-corrected chi connectivity index (χ4v) is 2.16. The van der Waals surface area contributed by atoms with E-state index in [1.807, 2.05) is 12.1 Å². The second-order valence-corrected chi connectivity index (χ2v) is 4.46. The van der Waals surface area contributed by atoms with E-state index in [1.54, 1.807) is 0 Å². The van der Waals surface area contributed by atoms with Gasteiger partial charge >= 0.3 is 0 Å². The van der Waals surface area contributed by atoms with Gasteiger partial charge in [0.05, 0.1) is 0 Å². The standard InChI is InChI=1S/C12H17ClN2/c13-11-3-1-2-10(8-11)4-5-12-9-14-6-7-15-12/h1-3,8,12,14-15H,4-7,9H2. The molecule has 1 aromatic rings. The highest BCUT2D eigenvalue weighted by Crippen LogP contribution is 2.13. The van der Waals surface area contributed by atoms with E-state index in [1.165, 1.54) is 12.0 Å². The molecule has 2 nitrogen and oxygen atoms in total. The van der Waals surface area contributed by atoms with Gasteiger partial charge in [0.1, 0.15) is 0 Å². The molecule has 2 N–H and O–H groups in total. The average molecular weight is 225 g/mol. The maximum absolute atomic E-state index is 5.94. The Morgan fingerprint density at radius 3 is 3.00 bits per heavy atom. The summed E-state index contributed by atoms with van der Waals surface area (Å²) in [6.45, 7) is 3.26. The molecule has 3 heteroatoms. The fourth-order valence-electron chi connectivity index (χ4n) is 1.95. The number of rotatable bonds is 3. The van der Waals surface area contributed by atoms with Crippen LogP contribution in [0.3, 0.4) is 0 Å². The van der Waals surface area contributed by atoms with Crippen LogP contribution in [0.1, 0.15) is 12.0 Å². The van der Waals surface area contributed by atoms with E-state index in [2.05, 4.69) is 22.8 Å². The van der Waals surface area contributed by atoms with Gasteiger partial charge in [-0.05, 0) is 30.5 Å². The minimum atomic E-state index is 0.609. The Morgan fingerprint density at radius 1 is 1.33 bits per heavy atom. The topological polar surface area (TPSA) is 24.1 Å². The van der Waals surface area contributed by atoms with E-state index in [9.17, 15) is 0 Å². The highest BCUT2D eigenvalue weighted by molar-refractivity contribution is 6.30. The molecular formula is C12H17ClN2. The highest BCUT2D eigenvalue weighted by atomic mass is 35.5. The van der Waals surface area contributed by atoms with Crippen molar-refractivity contribution in [3.05, 3.63) is 34.9 Å². The van der Waals surface area contributed by atoms with Crippen LogP contribution in [0.2, 0.25) is 5.02 Å². The lowest BCUT2D eigenvalue weighted by Crippen LogP contribution is -2.48. The number of nitrogens with one attached hydrogen (secondary N) is 2. The second-order valence-electron chi connectivity index (χ2n) is 4.02. The van der Waals surface area contributed by atoms with Gasteiger partial charge in [-0.1, -0.05) is 23.7 Å². The molecule has 82 valence electrons. The predicted molar refractivity (Wildman–Crippen MR) is 64.4 cm³/mol. The van der Waals surface area contributed by atoms with E-state index >= 15 is 0 Å². The lowest BCUT2D eigenvalue weighted by atomic mass is 10.0. The molecule has 1 unspecified atom stereocenters. The molecule has 1 saturated heterocycles. The van der Waals surface area contributed by atoms with Crippen molar-refractivity contribution >= 4 is 11.6 Å². The third-order valence-electron chi connectivity index (χ3n) is 2.80. The van der Waals surface area contributed by atoms with E-state index in [4.69, 9.17) is 11.6 Å². The van der Waals surface area contributed by atoms with Crippen molar-refractivity contribution in [3.63, 3.8) is 0 Å². The minimum absolute atomic E-state index is 0.609. The number of hydrogen-bond donors (Lipinski definition) is 2. The van der Waals surface area contributed by atoms with Crippen LogP contribution in [-0.2, 0) is 6.42 Å². The zero-order chi connectivity index (χ0) is 10.5. The van der Waals surface area contributed by atoms with E-state index in [0.29, 0.717) is 6.04 Å². The Labute approximate surface area is 96.0 Å². The van der Waals surface area contributed by atoms with Gasteiger partial charge in [-0.25, -0.2) is 0 Å². The molecule has 0 amide bonds. The molecule has 15 heavy (non-hydrogen) atoms. The molecule has 0 bridgehead atoms. The molecule has 1 aliphatic heterocycles. The van der Waals surface area contributed by atoms with E-state index in [0.717, 1.165) is 31.1 Å². The van der Waals surface area contributed by atoms with Gasteiger partial charge in [0.15, 0.2) is 0 Å². The SMILES string of the molecule is Clc1cccc(CCC2CNCCN2)c1. The van der Waals surface area contributed by atoms with E-state index in [-0.39, 0.29) is 0 Å². The molecular weight excluding hydrogens is 208 g/mol. The summed E-state index contributed by atoms with van der Waals surface area (Å²) in [5.41, 5.74) is 1.33. The maximum Gasteiger partial charge on any atom is 0.0408 e. The van der Waals surface area contributed by atoms with Crippen LogP contribution in [0.4, 0.5) is 0 Å². The molecule has 1 heterocycles. The van der Waals surface area contributed by atoms with Crippen LogP contribution >= 0.6 is 11.6 Å². The number of piperazine rings is 1. The maximum atomic E-state index is 5.94. The van der Waals surface area contributed by atoms with Crippen LogP contribution in [0, 0.1) is 0 Å². The third kappa shape index (κ3) is 3.49. The summed E-state index contributed by atoms with van der Waals surface area (Å²) in [6, 6.07) is 8.74. The zero-order valence-electron chi connectivity index (χ0n) is 8.80. The predicted octanol–water partition coefficient (Wildman–Crippen LogP) is 1.83. The number of benzene rings is 1. The summed E-state index contributed by atoms with van der Waals surface area (Å²) < 4.78 is 0. The second kappa shape index (κ2) is 5.50. The zero-order valence-corrected chi connectivity index (χ0v) is 9.56. The van der Waals surface area contributed by atoms with Gasteiger partial charge in [0.2, 0.25) is 0 Å². The normalized spacial score (nSPS) is 21.5. The summed E-state index contributed by atoms with van der Waals surface area (Å²) >= 11 is 5.94. The first kappa shape index (κ1) is 10.9. The van der Waals surface area contributed by atoms with Crippen molar-refractivity contribution < 1.29 is 0 Å². The number of hydrogen-bond acceptors (Lipinski definition) is 2. The van der Waals surface area contributed by atoms with Crippen molar-refractivity contribution in [2.45, 2.75) is 18.9 Å². The van der Waals surface area contributed by atoms with Gasteiger partial charge in [-0.15, -0.1) is 0 Å². The van der Waals surface area contributed by atoms with Crippen LogP contribution < -0.4 is 10.6 Å². The summed E-state index contributed by atoms with van der Waals surface area (Å²) in [4.78, 5) is 0. The molecule has 2 rings (SSSR count). The molecule has 0 radical (unpaired) electrons. The first-order valence-corrected chi connectivity index (χ1v) is 5.91. The molecule has 1 fully saturated rings. The van der Waals surface area contributed by atoms with Crippen LogP contribution in [0.25, 0.3) is 0 Å². The summed E-state index contributed by atoms with van der Waals surface area (Å²) in [5, 5.41) is 7.74. The average Bonchev–Trinajstić information content (AvgIpc) is 2.28. The number of halogens is 1. The Balaban J connectivity index is 1.81. The van der Waals surface area contributed by atoms with Gasteiger partial charge in [0, 0.05) is 30.7 Å². The van der Waals surface area contributed by atoms with Crippen molar-refractivity contribution in [1.82, 2.24) is 10.6 Å². The van der Waals surface area contributed by atoms with Gasteiger partial charge in [0.25, 0.3) is 0 Å². The van der Waals surface area contributed by atoms with Gasteiger partial charge < -0.3 is 10.6 Å². The summed E-state index contributed by atoms with van der Waals surface area (Å²) in [5.74, 6) is 0. The molecule has 0 aromatic heterocycles. The molecule has 1 atom stereocenters. The Kier molecular flexibility index (Phi) is 4.01. The molecule has 1 aliphatic rings. The molecule has 0 spiro atoms. The Morgan fingerprint density at radius 2 is 2.27 bits per heavy atom. The fraction of sp³-hybridized carbons (Fsp3) is 0.500. The van der Waals surface area contributed by atoms with Crippen molar-refractivity contribution in [2.24, 2.45) is 0 Å². The monoisotopic (exact) mass is 224 g/mol. The quantitative estimate of drug-likeness (QED) is 0.819. The smallest absolute Gasteiger partial charge is 0.0408 e.